The monoisotopic (exact) mass is 323 g/mol. The topological polar surface area (TPSA) is 49.3 Å². The third kappa shape index (κ3) is 3.12. The van der Waals surface area contributed by atoms with Gasteiger partial charge in [-0.25, -0.2) is 9.18 Å². The molecule has 2 N–H and O–H groups in total. The van der Waals surface area contributed by atoms with Crippen molar-refractivity contribution in [1.82, 2.24) is 0 Å². The predicted molar refractivity (Wildman–Crippen MR) is 75.5 cm³/mol. The van der Waals surface area contributed by atoms with Crippen molar-refractivity contribution in [3.05, 3.63) is 57.8 Å². The van der Waals surface area contributed by atoms with E-state index in [1.807, 2.05) is 6.92 Å². The first-order valence-electron chi connectivity index (χ1n) is 5.53. The molecule has 0 saturated heterocycles. The van der Waals surface area contributed by atoms with E-state index in [1.165, 1.54) is 18.2 Å². The van der Waals surface area contributed by atoms with Gasteiger partial charge in [0.1, 0.15) is 5.82 Å². The van der Waals surface area contributed by atoms with Crippen molar-refractivity contribution in [2.24, 2.45) is 0 Å². The Morgan fingerprint density at radius 3 is 2.58 bits per heavy atom. The van der Waals surface area contributed by atoms with Gasteiger partial charge in [0.05, 0.1) is 16.9 Å². The van der Waals surface area contributed by atoms with Crippen LogP contribution in [0.25, 0.3) is 0 Å². The highest BCUT2D eigenvalue weighted by molar-refractivity contribution is 9.10. The van der Waals surface area contributed by atoms with Gasteiger partial charge in [0, 0.05) is 4.47 Å². The quantitative estimate of drug-likeness (QED) is 0.883. The Labute approximate surface area is 118 Å². The van der Waals surface area contributed by atoms with Gasteiger partial charge in [-0.1, -0.05) is 6.07 Å². The van der Waals surface area contributed by atoms with Gasteiger partial charge < -0.3 is 10.4 Å². The zero-order valence-electron chi connectivity index (χ0n) is 10.1. The lowest BCUT2D eigenvalue weighted by atomic mass is 10.1. The van der Waals surface area contributed by atoms with Gasteiger partial charge in [0.15, 0.2) is 0 Å². The number of carboxylic acids is 1. The number of nitrogens with one attached hydrogen (secondary N) is 1. The SMILES string of the molecule is Cc1ccc(C(=O)O)c(Nc2ccc(F)cc2Br)c1. The largest absolute Gasteiger partial charge is 0.478 e. The standard InChI is InChI=1S/C14H11BrFNO2/c1-8-2-4-10(14(18)19)13(6-8)17-12-5-3-9(16)7-11(12)15/h2-7,17H,1H3,(H,18,19). The molecule has 19 heavy (non-hydrogen) atoms. The molecule has 98 valence electrons. The molecule has 2 aromatic rings. The predicted octanol–water partition coefficient (Wildman–Crippen LogP) is 4.34. The summed E-state index contributed by atoms with van der Waals surface area (Å²) < 4.78 is 13.5. The number of aryl methyl sites for hydroxylation is 1. The fraction of sp³-hybridized carbons (Fsp3) is 0.0714. The van der Waals surface area contributed by atoms with Crippen molar-refractivity contribution >= 4 is 33.3 Å². The summed E-state index contributed by atoms with van der Waals surface area (Å²) in [6.45, 7) is 1.87. The number of carbonyl (C=O) groups is 1. The van der Waals surface area contributed by atoms with E-state index in [9.17, 15) is 9.18 Å². The Kier molecular flexibility index (Phi) is 3.85. The van der Waals surface area contributed by atoms with Crippen LogP contribution in [0.15, 0.2) is 40.9 Å². The first kappa shape index (κ1) is 13.5. The molecule has 0 radical (unpaired) electrons. The number of hydrogen-bond donors (Lipinski definition) is 2. The molecule has 0 bridgehead atoms. The number of rotatable bonds is 3. The number of carboxylic acid groups (broad SMARTS) is 1. The van der Waals surface area contributed by atoms with Gasteiger partial charge in [0.25, 0.3) is 0 Å². The third-order valence-corrected chi connectivity index (χ3v) is 3.26. The Bertz CT molecular complexity index is 643. The smallest absolute Gasteiger partial charge is 0.337 e. The van der Waals surface area contributed by atoms with Crippen LogP contribution in [0.3, 0.4) is 0 Å². The average Bonchev–Trinajstić information content (AvgIpc) is 2.32. The zero-order chi connectivity index (χ0) is 14.0. The Morgan fingerprint density at radius 1 is 1.21 bits per heavy atom. The lowest BCUT2D eigenvalue weighted by Crippen LogP contribution is -2.03. The van der Waals surface area contributed by atoms with E-state index in [4.69, 9.17) is 5.11 Å². The normalized spacial score (nSPS) is 10.3. The molecule has 0 atom stereocenters. The maximum atomic E-state index is 13.0. The molecule has 5 heteroatoms. The molecule has 3 nitrogen and oxygen atoms in total. The fourth-order valence-electron chi connectivity index (χ4n) is 1.68. The summed E-state index contributed by atoms with van der Waals surface area (Å²) in [4.78, 5) is 11.2. The minimum absolute atomic E-state index is 0.168. The van der Waals surface area contributed by atoms with E-state index >= 15 is 0 Å². The van der Waals surface area contributed by atoms with E-state index in [-0.39, 0.29) is 11.4 Å². The number of anilines is 2. The summed E-state index contributed by atoms with van der Waals surface area (Å²) in [5, 5.41) is 12.1. The highest BCUT2D eigenvalue weighted by Crippen LogP contribution is 2.28. The van der Waals surface area contributed by atoms with Crippen molar-refractivity contribution in [3.63, 3.8) is 0 Å². The maximum absolute atomic E-state index is 13.0. The molecule has 2 aromatic carbocycles. The van der Waals surface area contributed by atoms with Crippen LogP contribution < -0.4 is 5.32 Å². The first-order valence-corrected chi connectivity index (χ1v) is 6.32. The van der Waals surface area contributed by atoms with Gasteiger partial charge in [-0.3, -0.25) is 0 Å². The molecule has 0 fully saturated rings. The second-order valence-corrected chi connectivity index (χ2v) is 4.96. The van der Waals surface area contributed by atoms with E-state index < -0.39 is 5.97 Å². The lowest BCUT2D eigenvalue weighted by molar-refractivity contribution is 0.0698. The molecule has 0 aliphatic carbocycles. The van der Waals surface area contributed by atoms with Crippen LogP contribution >= 0.6 is 15.9 Å². The second kappa shape index (κ2) is 5.40. The van der Waals surface area contributed by atoms with E-state index in [2.05, 4.69) is 21.2 Å². The van der Waals surface area contributed by atoms with E-state index in [0.717, 1.165) is 5.56 Å². The number of aromatic carboxylic acids is 1. The molecule has 0 unspecified atom stereocenters. The van der Waals surface area contributed by atoms with Crippen LogP contribution in [0.2, 0.25) is 0 Å². The number of hydrogen-bond acceptors (Lipinski definition) is 2. The zero-order valence-corrected chi connectivity index (χ0v) is 11.7. The van der Waals surface area contributed by atoms with Crippen molar-refractivity contribution in [2.75, 3.05) is 5.32 Å². The van der Waals surface area contributed by atoms with E-state index in [0.29, 0.717) is 15.8 Å². The Morgan fingerprint density at radius 2 is 1.95 bits per heavy atom. The number of halogens is 2. The van der Waals surface area contributed by atoms with Crippen LogP contribution in [-0.2, 0) is 0 Å². The summed E-state index contributed by atoms with van der Waals surface area (Å²) in [5.41, 5.74) is 2.18. The summed E-state index contributed by atoms with van der Waals surface area (Å²) in [6, 6.07) is 9.18. The van der Waals surface area contributed by atoms with Gasteiger partial charge >= 0.3 is 5.97 Å². The molecule has 0 aromatic heterocycles. The highest BCUT2D eigenvalue weighted by Gasteiger charge is 2.11. The van der Waals surface area contributed by atoms with Crippen LogP contribution in [0.1, 0.15) is 15.9 Å². The third-order valence-electron chi connectivity index (χ3n) is 2.61. The molecule has 0 saturated carbocycles. The van der Waals surface area contributed by atoms with E-state index in [1.54, 1.807) is 18.2 Å². The van der Waals surface area contributed by atoms with Crippen molar-refractivity contribution in [2.45, 2.75) is 6.92 Å². The van der Waals surface area contributed by atoms with Gasteiger partial charge in [0.2, 0.25) is 0 Å². The molecular weight excluding hydrogens is 313 g/mol. The van der Waals surface area contributed by atoms with Crippen LogP contribution in [0.5, 0.6) is 0 Å². The van der Waals surface area contributed by atoms with Crippen LogP contribution in [0.4, 0.5) is 15.8 Å². The second-order valence-electron chi connectivity index (χ2n) is 4.10. The van der Waals surface area contributed by atoms with Crippen molar-refractivity contribution in [1.29, 1.82) is 0 Å². The lowest BCUT2D eigenvalue weighted by Gasteiger charge is -2.12. The van der Waals surface area contributed by atoms with Gasteiger partial charge in [-0.15, -0.1) is 0 Å². The Balaban J connectivity index is 2.42. The molecule has 0 aliphatic heterocycles. The maximum Gasteiger partial charge on any atom is 0.337 e. The number of benzene rings is 2. The van der Waals surface area contributed by atoms with Crippen molar-refractivity contribution in [3.8, 4) is 0 Å². The minimum Gasteiger partial charge on any atom is -0.478 e. The summed E-state index contributed by atoms with van der Waals surface area (Å²) in [6.07, 6.45) is 0. The Hall–Kier alpha value is -1.88. The molecule has 0 amide bonds. The van der Waals surface area contributed by atoms with Gasteiger partial charge in [-0.05, 0) is 58.7 Å². The fourth-order valence-corrected chi connectivity index (χ4v) is 2.13. The van der Waals surface area contributed by atoms with Crippen molar-refractivity contribution < 1.29 is 14.3 Å². The van der Waals surface area contributed by atoms with Crippen LogP contribution in [-0.4, -0.2) is 11.1 Å². The minimum atomic E-state index is -1.01. The molecule has 0 aliphatic rings. The molecule has 2 rings (SSSR count). The first-order chi connectivity index (χ1) is 8.97. The summed E-state index contributed by atoms with van der Waals surface area (Å²) >= 11 is 3.23. The molecular formula is C14H11BrFNO2. The molecule has 0 heterocycles. The van der Waals surface area contributed by atoms with Crippen LogP contribution in [0, 0.1) is 12.7 Å². The summed E-state index contributed by atoms with van der Waals surface area (Å²) in [7, 11) is 0. The highest BCUT2D eigenvalue weighted by atomic mass is 79.9. The molecule has 0 spiro atoms. The average molecular weight is 324 g/mol. The summed E-state index contributed by atoms with van der Waals surface area (Å²) in [5.74, 6) is -1.37. The van der Waals surface area contributed by atoms with Gasteiger partial charge in [-0.2, -0.15) is 0 Å².